The first-order valence-electron chi connectivity index (χ1n) is 10.1. The lowest BCUT2D eigenvalue weighted by Crippen LogP contribution is -2.44. The Morgan fingerprint density at radius 1 is 1.03 bits per heavy atom. The van der Waals surface area contributed by atoms with Crippen LogP contribution >= 0.6 is 0 Å². The lowest BCUT2D eigenvalue weighted by atomic mass is 9.96. The van der Waals surface area contributed by atoms with Gasteiger partial charge in [-0.3, -0.25) is 4.79 Å². The Kier molecular flexibility index (Phi) is 6.99. The molecule has 29 heavy (non-hydrogen) atoms. The zero-order valence-corrected chi connectivity index (χ0v) is 17.8. The van der Waals surface area contributed by atoms with E-state index in [-0.39, 0.29) is 11.8 Å². The highest BCUT2D eigenvalue weighted by molar-refractivity contribution is 5.91. The number of benzene rings is 2. The molecule has 1 atom stereocenters. The summed E-state index contributed by atoms with van der Waals surface area (Å²) in [6.45, 7) is 6.24. The van der Waals surface area contributed by atoms with Gasteiger partial charge in [0, 0.05) is 50.0 Å². The van der Waals surface area contributed by atoms with Crippen LogP contribution in [0, 0.1) is 0 Å². The predicted molar refractivity (Wildman–Crippen MR) is 117 cm³/mol. The van der Waals surface area contributed by atoms with Gasteiger partial charge in [0.05, 0.1) is 14.2 Å². The number of nitrogens with one attached hydrogen (secondary N) is 1. The summed E-state index contributed by atoms with van der Waals surface area (Å²) in [5.74, 6) is 1.49. The van der Waals surface area contributed by atoms with Gasteiger partial charge in [-0.25, -0.2) is 0 Å². The maximum atomic E-state index is 12.5. The van der Waals surface area contributed by atoms with Crippen molar-refractivity contribution in [1.82, 2.24) is 4.90 Å². The van der Waals surface area contributed by atoms with E-state index in [1.807, 2.05) is 37.3 Å². The number of carbonyl (C=O) groups excluding carboxylic acids is 1. The van der Waals surface area contributed by atoms with E-state index in [4.69, 9.17) is 9.47 Å². The first-order valence-corrected chi connectivity index (χ1v) is 10.1. The van der Waals surface area contributed by atoms with Crippen molar-refractivity contribution in [2.45, 2.75) is 19.3 Å². The second-order valence-corrected chi connectivity index (χ2v) is 7.60. The van der Waals surface area contributed by atoms with E-state index in [9.17, 15) is 4.79 Å². The minimum absolute atomic E-state index is 0.0114. The van der Waals surface area contributed by atoms with E-state index in [0.29, 0.717) is 6.42 Å². The number of piperazine rings is 1. The average molecular weight is 398 g/mol. The molecule has 1 amide bonds. The summed E-state index contributed by atoms with van der Waals surface area (Å²) in [7, 11) is 5.41. The van der Waals surface area contributed by atoms with Crippen molar-refractivity contribution in [2.75, 3.05) is 57.7 Å². The highest BCUT2D eigenvalue weighted by Crippen LogP contribution is 2.32. The van der Waals surface area contributed by atoms with Crippen molar-refractivity contribution >= 4 is 17.3 Å². The molecule has 1 aliphatic heterocycles. The number of carbonyl (C=O) groups is 1. The van der Waals surface area contributed by atoms with E-state index in [2.05, 4.69) is 34.3 Å². The Morgan fingerprint density at radius 2 is 1.72 bits per heavy atom. The van der Waals surface area contributed by atoms with Crippen LogP contribution in [0.3, 0.4) is 0 Å². The van der Waals surface area contributed by atoms with E-state index < -0.39 is 0 Å². The fourth-order valence-electron chi connectivity index (χ4n) is 3.65. The predicted octanol–water partition coefficient (Wildman–Crippen LogP) is 3.59. The van der Waals surface area contributed by atoms with Crippen molar-refractivity contribution in [3.05, 3.63) is 48.0 Å². The first kappa shape index (κ1) is 21.0. The Balaban J connectivity index is 1.58. The molecule has 156 valence electrons. The standard InChI is InChI=1S/C23H31N3O3/c1-17(21-10-9-20(28-3)16-22(21)29-4)15-23(27)24-18-5-7-19(8-6-18)26-13-11-25(2)12-14-26/h5-10,16-17H,11-15H2,1-4H3,(H,24,27). The molecule has 3 rings (SSSR count). The third-order valence-corrected chi connectivity index (χ3v) is 5.48. The van der Waals surface area contributed by atoms with Crippen molar-refractivity contribution in [2.24, 2.45) is 0 Å². The van der Waals surface area contributed by atoms with Gasteiger partial charge in [0.15, 0.2) is 0 Å². The smallest absolute Gasteiger partial charge is 0.224 e. The minimum Gasteiger partial charge on any atom is -0.497 e. The van der Waals surface area contributed by atoms with Gasteiger partial charge in [-0.15, -0.1) is 0 Å². The van der Waals surface area contributed by atoms with Crippen LogP contribution in [0.25, 0.3) is 0 Å². The molecule has 1 aliphatic rings. The molecule has 1 heterocycles. The monoisotopic (exact) mass is 397 g/mol. The molecule has 0 aromatic heterocycles. The number of anilines is 2. The Morgan fingerprint density at radius 3 is 2.34 bits per heavy atom. The second-order valence-electron chi connectivity index (χ2n) is 7.60. The molecule has 0 aliphatic carbocycles. The van der Waals surface area contributed by atoms with Crippen LogP contribution in [0.1, 0.15) is 24.8 Å². The fourth-order valence-corrected chi connectivity index (χ4v) is 3.65. The SMILES string of the molecule is COc1ccc(C(C)CC(=O)Nc2ccc(N3CCN(C)CC3)cc2)c(OC)c1. The molecule has 2 aromatic rings. The summed E-state index contributed by atoms with van der Waals surface area (Å²) in [6, 6.07) is 13.8. The first-order chi connectivity index (χ1) is 14.0. The van der Waals surface area contributed by atoms with Gasteiger partial charge in [0.1, 0.15) is 11.5 Å². The summed E-state index contributed by atoms with van der Waals surface area (Å²) < 4.78 is 10.7. The van der Waals surface area contributed by atoms with E-state index in [1.165, 1.54) is 5.69 Å². The minimum atomic E-state index is -0.0114. The second kappa shape index (κ2) is 9.65. The lowest BCUT2D eigenvalue weighted by Gasteiger charge is -2.34. The van der Waals surface area contributed by atoms with E-state index in [1.54, 1.807) is 14.2 Å². The van der Waals surface area contributed by atoms with Crippen molar-refractivity contribution < 1.29 is 14.3 Å². The zero-order chi connectivity index (χ0) is 20.8. The molecule has 0 radical (unpaired) electrons. The molecule has 1 unspecified atom stereocenters. The van der Waals surface area contributed by atoms with Crippen LogP contribution in [0.15, 0.2) is 42.5 Å². The van der Waals surface area contributed by atoms with Crippen LogP contribution in [0.4, 0.5) is 11.4 Å². The normalized spacial score (nSPS) is 15.7. The number of hydrogen-bond acceptors (Lipinski definition) is 5. The van der Waals surface area contributed by atoms with Gasteiger partial charge in [-0.05, 0) is 48.9 Å². The van der Waals surface area contributed by atoms with Gasteiger partial charge >= 0.3 is 0 Å². The van der Waals surface area contributed by atoms with Crippen molar-refractivity contribution in [3.8, 4) is 11.5 Å². The molecule has 1 N–H and O–H groups in total. The van der Waals surface area contributed by atoms with Gasteiger partial charge in [0.2, 0.25) is 5.91 Å². The van der Waals surface area contributed by atoms with Gasteiger partial charge < -0.3 is 24.6 Å². The van der Waals surface area contributed by atoms with Crippen LogP contribution in [-0.2, 0) is 4.79 Å². The largest absolute Gasteiger partial charge is 0.497 e. The molecule has 0 spiro atoms. The number of likely N-dealkylation sites (N-methyl/N-ethyl adjacent to an activating group) is 1. The molecule has 0 bridgehead atoms. The molecule has 6 heteroatoms. The third-order valence-electron chi connectivity index (χ3n) is 5.48. The van der Waals surface area contributed by atoms with Gasteiger partial charge in [-0.2, -0.15) is 0 Å². The maximum Gasteiger partial charge on any atom is 0.224 e. The Bertz CT molecular complexity index is 815. The van der Waals surface area contributed by atoms with Crippen molar-refractivity contribution in [3.63, 3.8) is 0 Å². The van der Waals surface area contributed by atoms with E-state index in [0.717, 1.165) is 48.9 Å². The third kappa shape index (κ3) is 5.41. The molecule has 1 saturated heterocycles. The number of rotatable bonds is 7. The Hall–Kier alpha value is -2.73. The van der Waals surface area contributed by atoms with E-state index >= 15 is 0 Å². The molecule has 6 nitrogen and oxygen atoms in total. The molecular formula is C23H31N3O3. The fraction of sp³-hybridized carbons (Fsp3) is 0.435. The average Bonchev–Trinajstić information content (AvgIpc) is 2.74. The number of amides is 1. The van der Waals surface area contributed by atoms with Crippen LogP contribution < -0.4 is 19.7 Å². The maximum absolute atomic E-state index is 12.5. The van der Waals surface area contributed by atoms with Gasteiger partial charge in [-0.1, -0.05) is 13.0 Å². The number of methoxy groups -OCH3 is 2. The summed E-state index contributed by atoms with van der Waals surface area (Å²) in [5.41, 5.74) is 3.02. The summed E-state index contributed by atoms with van der Waals surface area (Å²) in [6.07, 6.45) is 0.378. The molecule has 2 aromatic carbocycles. The highest BCUT2D eigenvalue weighted by Gasteiger charge is 2.17. The topological polar surface area (TPSA) is 54.0 Å². The molecule has 0 saturated carbocycles. The number of ether oxygens (including phenoxy) is 2. The molecule has 1 fully saturated rings. The highest BCUT2D eigenvalue weighted by atomic mass is 16.5. The van der Waals surface area contributed by atoms with Crippen LogP contribution in [0.5, 0.6) is 11.5 Å². The van der Waals surface area contributed by atoms with Gasteiger partial charge in [0.25, 0.3) is 0 Å². The summed E-state index contributed by atoms with van der Waals surface area (Å²) in [5, 5.41) is 3.01. The lowest BCUT2D eigenvalue weighted by molar-refractivity contribution is -0.116. The Labute approximate surface area is 173 Å². The molecular weight excluding hydrogens is 366 g/mol. The number of hydrogen-bond donors (Lipinski definition) is 1. The van der Waals surface area contributed by atoms with Crippen LogP contribution in [-0.4, -0.2) is 58.3 Å². The summed E-state index contributed by atoms with van der Waals surface area (Å²) in [4.78, 5) is 17.3. The van der Waals surface area contributed by atoms with Crippen molar-refractivity contribution in [1.29, 1.82) is 0 Å². The summed E-state index contributed by atoms with van der Waals surface area (Å²) >= 11 is 0. The quantitative estimate of drug-likeness (QED) is 0.774. The van der Waals surface area contributed by atoms with Crippen LogP contribution in [0.2, 0.25) is 0 Å². The number of nitrogens with zero attached hydrogens (tertiary/aromatic N) is 2. The zero-order valence-electron chi connectivity index (χ0n) is 17.8.